The third kappa shape index (κ3) is 18.5. The van der Waals surface area contributed by atoms with Crippen molar-refractivity contribution < 1.29 is 0 Å². The highest BCUT2D eigenvalue weighted by molar-refractivity contribution is 4.66. The van der Waals surface area contributed by atoms with Crippen LogP contribution >= 0.6 is 0 Å². The fourth-order valence-electron chi connectivity index (χ4n) is 2.05. The fraction of sp³-hybridized carbons (Fsp3) is 1.00. The Morgan fingerprint density at radius 3 is 1.76 bits per heavy atom. The van der Waals surface area contributed by atoms with Crippen LogP contribution in [-0.4, -0.2) is 25.0 Å². The van der Waals surface area contributed by atoms with Crippen LogP contribution in [0.4, 0.5) is 0 Å². The van der Waals surface area contributed by atoms with E-state index in [9.17, 15) is 0 Å². The summed E-state index contributed by atoms with van der Waals surface area (Å²) in [6.45, 7) is 15.7. The van der Waals surface area contributed by atoms with Crippen LogP contribution in [0.15, 0.2) is 0 Å². The number of hydrogen-bond acceptors (Lipinski definition) is 1. The molecule has 0 aromatic carbocycles. The largest absolute Gasteiger partial charge is 0.306 e. The molecular weight excluding hydrogens is 206 g/mol. The number of rotatable bonds is 8. The van der Waals surface area contributed by atoms with Gasteiger partial charge in [0, 0.05) is 6.54 Å². The molecule has 1 heteroatoms. The summed E-state index contributed by atoms with van der Waals surface area (Å²) in [6, 6.07) is 0. The first kappa shape index (κ1) is 19.3. The molecule has 0 aromatic heterocycles. The summed E-state index contributed by atoms with van der Waals surface area (Å²) < 4.78 is 0. The Bertz CT molecular complexity index is 135. The van der Waals surface area contributed by atoms with Crippen LogP contribution in [0.1, 0.15) is 80.1 Å². The molecule has 1 nitrogen and oxygen atoms in total. The van der Waals surface area contributed by atoms with E-state index in [0.29, 0.717) is 5.41 Å². The van der Waals surface area contributed by atoms with Gasteiger partial charge in [-0.25, -0.2) is 0 Å². The van der Waals surface area contributed by atoms with E-state index in [4.69, 9.17) is 0 Å². The molecule has 0 amide bonds. The first-order chi connectivity index (χ1) is 7.95. The van der Waals surface area contributed by atoms with Gasteiger partial charge in [-0.1, -0.05) is 73.6 Å². The highest BCUT2D eigenvalue weighted by Crippen LogP contribution is 2.14. The molecule has 0 saturated heterocycles. The Hall–Kier alpha value is -0.0400. The molecule has 0 aliphatic heterocycles. The molecule has 0 N–H and O–H groups in total. The minimum atomic E-state index is 0.441. The van der Waals surface area contributed by atoms with Gasteiger partial charge in [0.25, 0.3) is 0 Å². The third-order valence-corrected chi connectivity index (χ3v) is 2.64. The van der Waals surface area contributed by atoms with Gasteiger partial charge < -0.3 is 4.90 Å². The van der Waals surface area contributed by atoms with Crippen LogP contribution in [-0.2, 0) is 0 Å². The summed E-state index contributed by atoms with van der Waals surface area (Å²) in [7, 11) is 2.25. The minimum Gasteiger partial charge on any atom is -0.306 e. The molecule has 0 fully saturated rings. The van der Waals surface area contributed by atoms with Gasteiger partial charge in [-0.2, -0.15) is 0 Å². The number of nitrogens with zero attached hydrogens (tertiary/aromatic N) is 1. The second kappa shape index (κ2) is 12.4. The summed E-state index contributed by atoms with van der Waals surface area (Å²) in [5.41, 5.74) is 0.441. The summed E-state index contributed by atoms with van der Waals surface area (Å²) in [4.78, 5) is 2.47. The van der Waals surface area contributed by atoms with E-state index in [2.05, 4.69) is 39.6 Å². The van der Waals surface area contributed by atoms with Crippen LogP contribution in [0.3, 0.4) is 0 Å². The molecule has 0 unspecified atom stereocenters. The first-order valence-electron chi connectivity index (χ1n) is 7.64. The molecule has 0 spiro atoms. The van der Waals surface area contributed by atoms with E-state index in [1.807, 2.05) is 13.8 Å². The normalized spacial score (nSPS) is 11.3. The lowest BCUT2D eigenvalue weighted by molar-refractivity contribution is 0.223. The van der Waals surface area contributed by atoms with E-state index in [-0.39, 0.29) is 0 Å². The van der Waals surface area contributed by atoms with Crippen molar-refractivity contribution in [1.29, 1.82) is 0 Å². The lowest BCUT2D eigenvalue weighted by Gasteiger charge is -2.26. The lowest BCUT2D eigenvalue weighted by atomic mass is 9.96. The lowest BCUT2D eigenvalue weighted by Crippen LogP contribution is -2.30. The molecule has 0 atom stereocenters. The van der Waals surface area contributed by atoms with Crippen molar-refractivity contribution in [1.82, 2.24) is 4.90 Å². The smallest absolute Gasteiger partial charge is 0.00270 e. The summed E-state index contributed by atoms with van der Waals surface area (Å²) in [5, 5.41) is 0. The van der Waals surface area contributed by atoms with Crippen LogP contribution in [0.2, 0.25) is 0 Å². The van der Waals surface area contributed by atoms with E-state index < -0.39 is 0 Å². The minimum absolute atomic E-state index is 0.441. The quantitative estimate of drug-likeness (QED) is 0.519. The number of unbranched alkanes of at least 4 members (excludes halogenated alkanes) is 5. The molecule has 0 aliphatic rings. The zero-order chi connectivity index (χ0) is 13.7. The Labute approximate surface area is 111 Å². The van der Waals surface area contributed by atoms with Gasteiger partial charge in [0.15, 0.2) is 0 Å². The van der Waals surface area contributed by atoms with E-state index in [1.165, 1.54) is 51.6 Å². The average Bonchev–Trinajstić information content (AvgIpc) is 2.23. The van der Waals surface area contributed by atoms with Gasteiger partial charge in [0.1, 0.15) is 0 Å². The molecule has 106 valence electrons. The van der Waals surface area contributed by atoms with Crippen molar-refractivity contribution in [2.45, 2.75) is 80.1 Å². The van der Waals surface area contributed by atoms with Crippen molar-refractivity contribution in [2.24, 2.45) is 5.41 Å². The van der Waals surface area contributed by atoms with Crippen molar-refractivity contribution in [3.63, 3.8) is 0 Å². The molecule has 17 heavy (non-hydrogen) atoms. The van der Waals surface area contributed by atoms with Crippen LogP contribution < -0.4 is 0 Å². The van der Waals surface area contributed by atoms with E-state index in [0.717, 1.165) is 0 Å². The highest BCUT2D eigenvalue weighted by Gasteiger charge is 2.12. The summed E-state index contributed by atoms with van der Waals surface area (Å²) >= 11 is 0. The van der Waals surface area contributed by atoms with Crippen molar-refractivity contribution >= 4 is 0 Å². The molecule has 0 radical (unpaired) electrons. The van der Waals surface area contributed by atoms with Gasteiger partial charge >= 0.3 is 0 Å². The number of hydrogen-bond donors (Lipinski definition) is 0. The monoisotopic (exact) mass is 243 g/mol. The molecular formula is C16H37N. The summed E-state index contributed by atoms with van der Waals surface area (Å²) in [5.74, 6) is 0. The maximum absolute atomic E-state index is 2.47. The van der Waals surface area contributed by atoms with Crippen molar-refractivity contribution in [3.05, 3.63) is 0 Å². The highest BCUT2D eigenvalue weighted by atomic mass is 15.1. The summed E-state index contributed by atoms with van der Waals surface area (Å²) in [6.07, 6.45) is 8.41. The van der Waals surface area contributed by atoms with Crippen LogP contribution in [0.25, 0.3) is 0 Å². The van der Waals surface area contributed by atoms with Gasteiger partial charge in [-0.05, 0) is 25.4 Å². The van der Waals surface area contributed by atoms with Crippen molar-refractivity contribution in [3.8, 4) is 0 Å². The van der Waals surface area contributed by atoms with Gasteiger partial charge in [-0.15, -0.1) is 0 Å². The predicted octanol–water partition coefficient (Wildman–Crippen LogP) is 5.35. The maximum Gasteiger partial charge on any atom is 0.00270 e. The SMILES string of the molecule is CC.CCCCCCCCN(C)CC(C)(C)C. The molecule has 0 aromatic rings. The Morgan fingerprint density at radius 1 is 0.824 bits per heavy atom. The predicted molar refractivity (Wildman–Crippen MR) is 81.7 cm³/mol. The molecule has 0 heterocycles. The van der Waals surface area contributed by atoms with Crippen LogP contribution in [0, 0.1) is 5.41 Å². The van der Waals surface area contributed by atoms with Crippen molar-refractivity contribution in [2.75, 3.05) is 20.1 Å². The second-order valence-electron chi connectivity index (χ2n) is 6.07. The Morgan fingerprint density at radius 2 is 1.29 bits per heavy atom. The molecule has 0 bridgehead atoms. The zero-order valence-electron chi connectivity index (χ0n) is 13.6. The zero-order valence-corrected chi connectivity index (χ0v) is 13.6. The standard InChI is InChI=1S/C14H31N.C2H6/c1-6-7-8-9-10-11-12-15(5)13-14(2,3)4;1-2/h6-13H2,1-5H3;1-2H3. The second-order valence-corrected chi connectivity index (χ2v) is 6.07. The average molecular weight is 243 g/mol. The molecule has 0 saturated carbocycles. The van der Waals surface area contributed by atoms with Gasteiger partial charge in [0.05, 0.1) is 0 Å². The Balaban J connectivity index is 0. The maximum atomic E-state index is 2.47. The third-order valence-electron chi connectivity index (χ3n) is 2.64. The molecule has 0 aliphatic carbocycles. The topological polar surface area (TPSA) is 3.24 Å². The first-order valence-corrected chi connectivity index (χ1v) is 7.64. The fourth-order valence-corrected chi connectivity index (χ4v) is 2.05. The Kier molecular flexibility index (Phi) is 14.1. The van der Waals surface area contributed by atoms with E-state index >= 15 is 0 Å². The van der Waals surface area contributed by atoms with E-state index in [1.54, 1.807) is 0 Å². The van der Waals surface area contributed by atoms with Crippen LogP contribution in [0.5, 0.6) is 0 Å². The van der Waals surface area contributed by atoms with Gasteiger partial charge in [-0.3, -0.25) is 0 Å². The van der Waals surface area contributed by atoms with Gasteiger partial charge in [0.2, 0.25) is 0 Å². The molecule has 0 rings (SSSR count).